The lowest BCUT2D eigenvalue weighted by atomic mass is 9.75. The Balaban J connectivity index is 0.00000144. The lowest BCUT2D eigenvalue weighted by molar-refractivity contribution is 0.280. The number of nitrogens with one attached hydrogen (secondary N) is 1. The molecule has 1 aliphatic rings. The third kappa shape index (κ3) is 3.45. The molecule has 0 aliphatic carbocycles. The minimum absolute atomic E-state index is 0. The quantitative estimate of drug-likeness (QED) is 0.909. The second-order valence-electron chi connectivity index (χ2n) is 4.41. The van der Waals surface area contributed by atoms with Gasteiger partial charge in [-0.05, 0) is 44.0 Å². The zero-order valence-electron chi connectivity index (χ0n) is 9.58. The van der Waals surface area contributed by atoms with Crippen LogP contribution < -0.4 is 5.32 Å². The number of piperidine rings is 1. The fourth-order valence-electron chi connectivity index (χ4n) is 2.24. The Kier molecular flexibility index (Phi) is 5.45. The first-order valence-electron chi connectivity index (χ1n) is 5.61. The fourth-order valence-corrected chi connectivity index (χ4v) is 2.66. The van der Waals surface area contributed by atoms with Gasteiger partial charge in [0.25, 0.3) is 0 Å². The molecule has 1 saturated heterocycles. The van der Waals surface area contributed by atoms with E-state index in [1.165, 1.54) is 5.56 Å². The van der Waals surface area contributed by atoms with E-state index in [-0.39, 0.29) is 17.8 Å². The summed E-state index contributed by atoms with van der Waals surface area (Å²) < 4.78 is 1.11. The van der Waals surface area contributed by atoms with Crippen LogP contribution in [0.2, 0.25) is 0 Å². The van der Waals surface area contributed by atoms with Gasteiger partial charge in [0.2, 0.25) is 0 Å². The fraction of sp³-hybridized carbons (Fsp3) is 0.462. The largest absolute Gasteiger partial charge is 0.317 e. The number of nitrogens with zero attached hydrogens (tertiary/aromatic N) is 1. The number of hydrogen-bond acceptors (Lipinski definition) is 2. The average molecular weight is 316 g/mol. The molecule has 2 rings (SSSR count). The van der Waals surface area contributed by atoms with Gasteiger partial charge in [0.1, 0.15) is 0 Å². The second-order valence-corrected chi connectivity index (χ2v) is 5.26. The van der Waals surface area contributed by atoms with Gasteiger partial charge in [-0.15, -0.1) is 12.4 Å². The topological polar surface area (TPSA) is 35.8 Å². The molecule has 2 nitrogen and oxygen atoms in total. The molecule has 1 N–H and O–H groups in total. The summed E-state index contributed by atoms with van der Waals surface area (Å²) in [4.78, 5) is 0. The normalized spacial score (nSPS) is 17.9. The SMILES string of the molecule is Cl.N#CC1(Cc2ccccc2Br)CCNCC1. The van der Waals surface area contributed by atoms with Gasteiger partial charge in [0, 0.05) is 4.47 Å². The summed E-state index contributed by atoms with van der Waals surface area (Å²) >= 11 is 3.55. The average Bonchev–Trinajstić information content (AvgIpc) is 2.33. The van der Waals surface area contributed by atoms with Gasteiger partial charge in [-0.1, -0.05) is 34.1 Å². The first kappa shape index (κ1) is 14.5. The first-order valence-corrected chi connectivity index (χ1v) is 6.40. The van der Waals surface area contributed by atoms with Crippen molar-refractivity contribution in [2.24, 2.45) is 5.41 Å². The summed E-state index contributed by atoms with van der Waals surface area (Å²) in [5.41, 5.74) is 1.07. The van der Waals surface area contributed by atoms with Crippen LogP contribution in [-0.4, -0.2) is 13.1 Å². The summed E-state index contributed by atoms with van der Waals surface area (Å²) in [6.07, 6.45) is 2.75. The Hall–Kier alpha value is -0.560. The van der Waals surface area contributed by atoms with Gasteiger partial charge < -0.3 is 5.32 Å². The van der Waals surface area contributed by atoms with Gasteiger partial charge in [0.05, 0.1) is 11.5 Å². The van der Waals surface area contributed by atoms with E-state index in [0.29, 0.717) is 0 Å². The molecule has 0 radical (unpaired) electrons. The van der Waals surface area contributed by atoms with E-state index in [4.69, 9.17) is 0 Å². The van der Waals surface area contributed by atoms with Gasteiger partial charge >= 0.3 is 0 Å². The molecule has 0 aromatic heterocycles. The van der Waals surface area contributed by atoms with Crippen LogP contribution in [0.3, 0.4) is 0 Å². The number of hydrogen-bond donors (Lipinski definition) is 1. The molecule has 1 fully saturated rings. The Morgan fingerprint density at radius 2 is 1.94 bits per heavy atom. The lowest BCUT2D eigenvalue weighted by Gasteiger charge is -2.31. The maximum absolute atomic E-state index is 9.40. The van der Waals surface area contributed by atoms with Crippen LogP contribution in [0.4, 0.5) is 0 Å². The van der Waals surface area contributed by atoms with Crippen LogP contribution in [0.1, 0.15) is 18.4 Å². The molecular formula is C13H16BrClN2. The van der Waals surface area contributed by atoms with E-state index >= 15 is 0 Å². The molecule has 1 aromatic carbocycles. The molecule has 0 unspecified atom stereocenters. The lowest BCUT2D eigenvalue weighted by Crippen LogP contribution is -2.37. The van der Waals surface area contributed by atoms with Crippen LogP contribution >= 0.6 is 28.3 Å². The molecule has 92 valence electrons. The van der Waals surface area contributed by atoms with E-state index in [0.717, 1.165) is 36.8 Å². The smallest absolute Gasteiger partial charge is 0.0694 e. The summed E-state index contributed by atoms with van der Waals surface area (Å²) in [7, 11) is 0. The Morgan fingerprint density at radius 3 is 2.53 bits per heavy atom. The van der Waals surface area contributed by atoms with E-state index < -0.39 is 0 Å². The van der Waals surface area contributed by atoms with Crippen molar-refractivity contribution in [1.82, 2.24) is 5.32 Å². The Morgan fingerprint density at radius 1 is 1.29 bits per heavy atom. The summed E-state index contributed by atoms with van der Waals surface area (Å²) in [6, 6.07) is 10.7. The zero-order valence-corrected chi connectivity index (χ0v) is 12.0. The third-order valence-corrected chi connectivity index (χ3v) is 4.06. The molecule has 0 bridgehead atoms. The van der Waals surface area contributed by atoms with Gasteiger partial charge in [-0.25, -0.2) is 0 Å². The second kappa shape index (κ2) is 6.39. The third-order valence-electron chi connectivity index (χ3n) is 3.28. The molecule has 1 heterocycles. The molecule has 4 heteroatoms. The van der Waals surface area contributed by atoms with Crippen LogP contribution in [0.15, 0.2) is 28.7 Å². The van der Waals surface area contributed by atoms with Crippen LogP contribution in [0.5, 0.6) is 0 Å². The van der Waals surface area contributed by atoms with E-state index in [1.807, 2.05) is 18.2 Å². The van der Waals surface area contributed by atoms with Crippen LogP contribution in [0.25, 0.3) is 0 Å². The summed E-state index contributed by atoms with van der Waals surface area (Å²) in [5.74, 6) is 0. The minimum atomic E-state index is -0.172. The van der Waals surface area contributed by atoms with Crippen molar-refractivity contribution in [3.63, 3.8) is 0 Å². The van der Waals surface area contributed by atoms with Crippen molar-refractivity contribution in [2.75, 3.05) is 13.1 Å². The van der Waals surface area contributed by atoms with Crippen molar-refractivity contribution in [3.05, 3.63) is 34.3 Å². The highest BCUT2D eigenvalue weighted by molar-refractivity contribution is 9.10. The number of rotatable bonds is 2. The molecule has 1 aliphatic heterocycles. The summed E-state index contributed by atoms with van der Waals surface area (Å²) in [6.45, 7) is 1.91. The predicted molar refractivity (Wildman–Crippen MR) is 75.2 cm³/mol. The molecule has 0 atom stereocenters. The van der Waals surface area contributed by atoms with E-state index in [9.17, 15) is 5.26 Å². The molecule has 0 spiro atoms. The minimum Gasteiger partial charge on any atom is -0.317 e. The molecule has 0 saturated carbocycles. The van der Waals surface area contributed by atoms with Gasteiger partial charge in [-0.2, -0.15) is 5.26 Å². The standard InChI is InChI=1S/C13H15BrN2.ClH/c14-12-4-2-1-3-11(12)9-13(10-15)5-7-16-8-6-13;/h1-4,16H,5-9H2;1H. The molecule has 17 heavy (non-hydrogen) atoms. The highest BCUT2D eigenvalue weighted by atomic mass is 79.9. The van der Waals surface area contributed by atoms with Gasteiger partial charge in [-0.3, -0.25) is 0 Å². The van der Waals surface area contributed by atoms with Crippen LogP contribution in [0, 0.1) is 16.7 Å². The van der Waals surface area contributed by atoms with Gasteiger partial charge in [0.15, 0.2) is 0 Å². The maximum Gasteiger partial charge on any atom is 0.0694 e. The summed E-state index contributed by atoms with van der Waals surface area (Å²) in [5, 5.41) is 12.7. The van der Waals surface area contributed by atoms with Crippen molar-refractivity contribution in [1.29, 1.82) is 5.26 Å². The molecule has 0 amide bonds. The van der Waals surface area contributed by atoms with E-state index in [1.54, 1.807) is 0 Å². The number of benzene rings is 1. The van der Waals surface area contributed by atoms with Crippen molar-refractivity contribution in [3.8, 4) is 6.07 Å². The Labute approximate surface area is 117 Å². The highest BCUT2D eigenvalue weighted by Crippen LogP contribution is 2.34. The maximum atomic E-state index is 9.40. The number of halogens is 2. The molecular weight excluding hydrogens is 300 g/mol. The first-order chi connectivity index (χ1) is 7.76. The predicted octanol–water partition coefficient (Wildman–Crippen LogP) is 3.31. The van der Waals surface area contributed by atoms with E-state index in [2.05, 4.69) is 33.4 Å². The van der Waals surface area contributed by atoms with Crippen LogP contribution in [-0.2, 0) is 6.42 Å². The zero-order chi connectivity index (χ0) is 11.4. The molecule has 1 aromatic rings. The van der Waals surface area contributed by atoms with Crippen molar-refractivity contribution >= 4 is 28.3 Å². The highest BCUT2D eigenvalue weighted by Gasteiger charge is 2.32. The van der Waals surface area contributed by atoms with Crippen molar-refractivity contribution < 1.29 is 0 Å². The van der Waals surface area contributed by atoms with Crippen molar-refractivity contribution in [2.45, 2.75) is 19.3 Å². The Bertz CT molecular complexity index is 408. The number of nitriles is 1. The monoisotopic (exact) mass is 314 g/mol.